The summed E-state index contributed by atoms with van der Waals surface area (Å²) >= 11 is 0. The number of benzene rings is 1. The summed E-state index contributed by atoms with van der Waals surface area (Å²) in [5.41, 5.74) is 5.18. The molecule has 130 valence electrons. The van der Waals surface area contributed by atoms with Crippen LogP contribution in [0.25, 0.3) is 0 Å². The zero-order chi connectivity index (χ0) is 17.7. The fourth-order valence-corrected chi connectivity index (χ4v) is 3.47. The third-order valence-electron chi connectivity index (χ3n) is 4.30. The maximum Gasteiger partial charge on any atom is 0.237 e. The highest BCUT2D eigenvalue weighted by Gasteiger charge is 2.48. The van der Waals surface area contributed by atoms with E-state index >= 15 is 0 Å². The molecule has 3 N–H and O–H groups in total. The van der Waals surface area contributed by atoms with Crippen LogP contribution in [0.3, 0.4) is 0 Å². The average molecular weight is 331 g/mol. The van der Waals surface area contributed by atoms with Crippen LogP contribution < -0.4 is 11.1 Å². The van der Waals surface area contributed by atoms with Crippen molar-refractivity contribution in [2.75, 3.05) is 18.4 Å². The van der Waals surface area contributed by atoms with E-state index in [2.05, 4.69) is 5.32 Å². The SMILES string of the molecule is CC(C)CC1(CC(=O)Nc2ccccc2)CCN(CC(N)=O)C1=O. The molecule has 0 spiro atoms. The van der Waals surface area contributed by atoms with Crippen molar-refractivity contribution < 1.29 is 14.4 Å². The van der Waals surface area contributed by atoms with Gasteiger partial charge in [-0.05, 0) is 30.9 Å². The minimum absolute atomic E-state index is 0.0843. The van der Waals surface area contributed by atoms with E-state index < -0.39 is 11.3 Å². The van der Waals surface area contributed by atoms with Crippen LogP contribution in [-0.4, -0.2) is 35.7 Å². The van der Waals surface area contributed by atoms with Gasteiger partial charge in [-0.1, -0.05) is 32.0 Å². The molecule has 0 saturated carbocycles. The van der Waals surface area contributed by atoms with Crippen LogP contribution in [0.15, 0.2) is 30.3 Å². The molecule has 1 aliphatic heterocycles. The second-order valence-electron chi connectivity index (χ2n) is 6.91. The van der Waals surface area contributed by atoms with Crippen LogP contribution in [0.1, 0.15) is 33.1 Å². The van der Waals surface area contributed by atoms with Crippen molar-refractivity contribution in [3.63, 3.8) is 0 Å². The van der Waals surface area contributed by atoms with Gasteiger partial charge in [0.15, 0.2) is 0 Å². The molecule has 0 aromatic heterocycles. The van der Waals surface area contributed by atoms with Gasteiger partial charge in [0.25, 0.3) is 0 Å². The number of carbonyl (C=O) groups excluding carboxylic acids is 3. The number of nitrogens with one attached hydrogen (secondary N) is 1. The molecular formula is C18H25N3O3. The number of amides is 3. The van der Waals surface area contributed by atoms with Gasteiger partial charge in [-0.2, -0.15) is 0 Å². The molecule has 1 fully saturated rings. The molecule has 1 aliphatic rings. The Kier molecular flexibility index (Phi) is 5.59. The van der Waals surface area contributed by atoms with Crippen molar-refractivity contribution in [2.45, 2.75) is 33.1 Å². The lowest BCUT2D eigenvalue weighted by molar-refractivity contribution is -0.141. The van der Waals surface area contributed by atoms with E-state index in [1.54, 1.807) is 0 Å². The summed E-state index contributed by atoms with van der Waals surface area (Å²) in [6, 6.07) is 9.17. The van der Waals surface area contributed by atoms with Crippen molar-refractivity contribution in [1.29, 1.82) is 0 Å². The van der Waals surface area contributed by atoms with Gasteiger partial charge in [0.05, 0.1) is 12.0 Å². The highest BCUT2D eigenvalue weighted by molar-refractivity contribution is 5.97. The minimum atomic E-state index is -0.748. The second kappa shape index (κ2) is 7.47. The van der Waals surface area contributed by atoms with E-state index in [0.29, 0.717) is 25.1 Å². The second-order valence-corrected chi connectivity index (χ2v) is 6.91. The maximum atomic E-state index is 12.8. The summed E-state index contributed by atoms with van der Waals surface area (Å²) in [6.45, 7) is 4.44. The standard InChI is InChI=1S/C18H25N3O3/c1-13(2)10-18(8-9-21(17(18)24)12-15(19)22)11-16(23)20-14-6-4-3-5-7-14/h3-7,13H,8-12H2,1-2H3,(H2,19,22)(H,20,23). The Morgan fingerprint density at radius 1 is 1.29 bits per heavy atom. The summed E-state index contributed by atoms with van der Waals surface area (Å²) in [5, 5.41) is 2.84. The van der Waals surface area contributed by atoms with Crippen molar-refractivity contribution >= 4 is 23.4 Å². The Morgan fingerprint density at radius 3 is 2.54 bits per heavy atom. The Labute approximate surface area is 142 Å². The van der Waals surface area contributed by atoms with E-state index in [4.69, 9.17) is 5.73 Å². The molecule has 1 aromatic carbocycles. The molecule has 2 rings (SSSR count). The first-order valence-electron chi connectivity index (χ1n) is 8.25. The molecule has 3 amide bonds. The van der Waals surface area contributed by atoms with Crippen LogP contribution in [0, 0.1) is 11.3 Å². The third kappa shape index (κ3) is 4.34. The Bertz CT molecular complexity index is 615. The molecule has 24 heavy (non-hydrogen) atoms. The van der Waals surface area contributed by atoms with E-state index in [9.17, 15) is 14.4 Å². The molecule has 1 saturated heterocycles. The predicted molar refractivity (Wildman–Crippen MR) is 92.0 cm³/mol. The number of carbonyl (C=O) groups is 3. The number of hydrogen-bond acceptors (Lipinski definition) is 3. The number of hydrogen-bond donors (Lipinski definition) is 2. The molecule has 1 heterocycles. The fraction of sp³-hybridized carbons (Fsp3) is 0.500. The topological polar surface area (TPSA) is 92.5 Å². The van der Waals surface area contributed by atoms with Gasteiger partial charge in [-0.15, -0.1) is 0 Å². The first-order chi connectivity index (χ1) is 11.3. The number of nitrogens with zero attached hydrogens (tertiary/aromatic N) is 1. The third-order valence-corrected chi connectivity index (χ3v) is 4.30. The molecule has 6 heteroatoms. The van der Waals surface area contributed by atoms with Crippen LogP contribution in [-0.2, 0) is 14.4 Å². The van der Waals surface area contributed by atoms with Crippen LogP contribution in [0.5, 0.6) is 0 Å². The smallest absolute Gasteiger partial charge is 0.237 e. The number of para-hydroxylation sites is 1. The number of nitrogens with two attached hydrogens (primary N) is 1. The van der Waals surface area contributed by atoms with Gasteiger partial charge in [-0.25, -0.2) is 0 Å². The molecular weight excluding hydrogens is 306 g/mol. The number of likely N-dealkylation sites (tertiary alicyclic amines) is 1. The highest BCUT2D eigenvalue weighted by Crippen LogP contribution is 2.41. The van der Waals surface area contributed by atoms with Crippen LogP contribution in [0.4, 0.5) is 5.69 Å². The molecule has 6 nitrogen and oxygen atoms in total. The molecule has 0 radical (unpaired) electrons. The Morgan fingerprint density at radius 2 is 1.96 bits per heavy atom. The lowest BCUT2D eigenvalue weighted by atomic mass is 9.75. The lowest BCUT2D eigenvalue weighted by Crippen LogP contribution is -2.41. The normalized spacial score (nSPS) is 20.5. The summed E-state index contributed by atoms with van der Waals surface area (Å²) < 4.78 is 0. The monoisotopic (exact) mass is 331 g/mol. The van der Waals surface area contributed by atoms with E-state index in [-0.39, 0.29) is 30.7 Å². The van der Waals surface area contributed by atoms with Crippen LogP contribution >= 0.6 is 0 Å². The quantitative estimate of drug-likeness (QED) is 0.797. The summed E-state index contributed by atoms with van der Waals surface area (Å²) in [7, 11) is 0. The summed E-state index contributed by atoms with van der Waals surface area (Å²) in [5.74, 6) is -0.584. The molecule has 1 atom stereocenters. The molecule has 1 aromatic rings. The predicted octanol–water partition coefficient (Wildman–Crippen LogP) is 1.77. The van der Waals surface area contributed by atoms with Crippen molar-refractivity contribution in [1.82, 2.24) is 4.90 Å². The van der Waals surface area contributed by atoms with Gasteiger partial charge in [0.2, 0.25) is 17.7 Å². The van der Waals surface area contributed by atoms with Crippen molar-refractivity contribution in [2.24, 2.45) is 17.1 Å². The lowest BCUT2D eigenvalue weighted by Gasteiger charge is -2.29. The van der Waals surface area contributed by atoms with Crippen molar-refractivity contribution in [3.05, 3.63) is 30.3 Å². The summed E-state index contributed by atoms with van der Waals surface area (Å²) in [4.78, 5) is 37.9. The van der Waals surface area contributed by atoms with Gasteiger partial charge >= 0.3 is 0 Å². The zero-order valence-corrected chi connectivity index (χ0v) is 14.2. The Hall–Kier alpha value is -2.37. The molecule has 0 aliphatic carbocycles. The number of anilines is 1. The van der Waals surface area contributed by atoms with Gasteiger partial charge in [0, 0.05) is 18.7 Å². The first-order valence-corrected chi connectivity index (χ1v) is 8.25. The van der Waals surface area contributed by atoms with E-state index in [1.165, 1.54) is 4.90 Å². The fourth-order valence-electron chi connectivity index (χ4n) is 3.47. The number of primary amides is 1. The van der Waals surface area contributed by atoms with Crippen LogP contribution in [0.2, 0.25) is 0 Å². The van der Waals surface area contributed by atoms with E-state index in [1.807, 2.05) is 44.2 Å². The van der Waals surface area contributed by atoms with E-state index in [0.717, 1.165) is 0 Å². The first kappa shape index (κ1) is 18.0. The number of rotatable bonds is 7. The van der Waals surface area contributed by atoms with Gasteiger partial charge in [-0.3, -0.25) is 14.4 Å². The molecule has 0 bridgehead atoms. The molecule has 1 unspecified atom stereocenters. The largest absolute Gasteiger partial charge is 0.368 e. The maximum absolute atomic E-state index is 12.8. The highest BCUT2D eigenvalue weighted by atomic mass is 16.2. The Balaban J connectivity index is 2.12. The van der Waals surface area contributed by atoms with Gasteiger partial charge in [0.1, 0.15) is 0 Å². The van der Waals surface area contributed by atoms with Gasteiger partial charge < -0.3 is 16.0 Å². The average Bonchev–Trinajstić information content (AvgIpc) is 2.76. The zero-order valence-electron chi connectivity index (χ0n) is 14.2. The minimum Gasteiger partial charge on any atom is -0.368 e. The summed E-state index contributed by atoms with van der Waals surface area (Å²) in [6.07, 6.45) is 1.30. The van der Waals surface area contributed by atoms with Crippen molar-refractivity contribution in [3.8, 4) is 0 Å².